The maximum atomic E-state index is 13.0. The lowest BCUT2D eigenvalue weighted by atomic mass is 10.2. The summed E-state index contributed by atoms with van der Waals surface area (Å²) in [5.74, 6) is 1.18. The highest BCUT2D eigenvalue weighted by Gasteiger charge is 2.23. The molecular formula is C26H36N4O2. The summed E-state index contributed by atoms with van der Waals surface area (Å²) in [5, 5.41) is 0. The van der Waals surface area contributed by atoms with Crippen LogP contribution in [0.2, 0.25) is 0 Å². The van der Waals surface area contributed by atoms with Crippen LogP contribution in [0.1, 0.15) is 17.5 Å². The second kappa shape index (κ2) is 11.5. The summed E-state index contributed by atoms with van der Waals surface area (Å²) in [5.41, 5.74) is 2.65. The molecule has 2 aromatic carbocycles. The van der Waals surface area contributed by atoms with Gasteiger partial charge in [0, 0.05) is 65.4 Å². The van der Waals surface area contributed by atoms with Crippen LogP contribution in [0.5, 0.6) is 5.75 Å². The van der Waals surface area contributed by atoms with Crippen molar-refractivity contribution >= 4 is 5.91 Å². The summed E-state index contributed by atoms with van der Waals surface area (Å²) in [6.07, 6.45) is 1.03. The van der Waals surface area contributed by atoms with Crippen LogP contribution in [0.15, 0.2) is 54.6 Å². The van der Waals surface area contributed by atoms with Crippen LogP contribution in [0.4, 0.5) is 0 Å². The highest BCUT2D eigenvalue weighted by atomic mass is 16.5. The van der Waals surface area contributed by atoms with Crippen molar-refractivity contribution in [2.45, 2.75) is 19.5 Å². The van der Waals surface area contributed by atoms with E-state index in [2.05, 4.69) is 62.1 Å². The van der Waals surface area contributed by atoms with Gasteiger partial charge >= 0.3 is 0 Å². The normalized spacial score (nSPS) is 19.0. The fraction of sp³-hybridized carbons (Fsp3) is 0.500. The van der Waals surface area contributed by atoms with Crippen LogP contribution in [0, 0.1) is 0 Å². The molecule has 2 aliphatic rings. The van der Waals surface area contributed by atoms with Crippen LogP contribution >= 0.6 is 0 Å². The van der Waals surface area contributed by atoms with E-state index < -0.39 is 0 Å². The van der Waals surface area contributed by atoms with Crippen molar-refractivity contribution in [3.8, 4) is 5.75 Å². The van der Waals surface area contributed by atoms with Crippen LogP contribution < -0.4 is 4.74 Å². The van der Waals surface area contributed by atoms with Crippen LogP contribution in [0.25, 0.3) is 0 Å². The van der Waals surface area contributed by atoms with Gasteiger partial charge in [-0.05, 0) is 29.7 Å². The molecule has 0 radical (unpaired) electrons. The van der Waals surface area contributed by atoms with E-state index in [-0.39, 0.29) is 5.91 Å². The molecule has 172 valence electrons. The van der Waals surface area contributed by atoms with E-state index in [1.54, 1.807) is 7.11 Å². The SMILES string of the molecule is COc1ccc(CN2CCCN(C(=O)CN3CCN(Cc4ccccc4)CC3)CC2)cc1. The Labute approximate surface area is 192 Å². The molecule has 2 aromatic rings. The first-order valence-corrected chi connectivity index (χ1v) is 11.8. The largest absolute Gasteiger partial charge is 0.497 e. The lowest BCUT2D eigenvalue weighted by Gasteiger charge is -2.35. The molecule has 0 aromatic heterocycles. The van der Waals surface area contributed by atoms with Gasteiger partial charge in [-0.2, -0.15) is 0 Å². The van der Waals surface area contributed by atoms with Crippen molar-refractivity contribution in [1.29, 1.82) is 0 Å². The Morgan fingerprint density at radius 3 is 2.00 bits per heavy atom. The molecule has 0 atom stereocenters. The smallest absolute Gasteiger partial charge is 0.236 e. The quantitative estimate of drug-likeness (QED) is 0.667. The maximum absolute atomic E-state index is 13.0. The fourth-order valence-corrected chi connectivity index (χ4v) is 4.61. The van der Waals surface area contributed by atoms with Crippen molar-refractivity contribution in [2.75, 3.05) is 66.0 Å². The lowest BCUT2D eigenvalue weighted by Crippen LogP contribution is -2.50. The number of hydrogen-bond acceptors (Lipinski definition) is 5. The molecule has 6 heteroatoms. The van der Waals surface area contributed by atoms with Crippen molar-refractivity contribution in [1.82, 2.24) is 19.6 Å². The third-order valence-electron chi connectivity index (χ3n) is 6.58. The first-order chi connectivity index (χ1) is 15.7. The molecule has 2 heterocycles. The first kappa shape index (κ1) is 22.8. The average molecular weight is 437 g/mol. The molecule has 0 spiro atoms. The number of methoxy groups -OCH3 is 1. The van der Waals surface area contributed by atoms with Gasteiger partial charge in [-0.1, -0.05) is 42.5 Å². The van der Waals surface area contributed by atoms with Crippen molar-refractivity contribution in [2.24, 2.45) is 0 Å². The molecule has 0 aliphatic carbocycles. The Hall–Kier alpha value is -2.41. The highest BCUT2D eigenvalue weighted by Crippen LogP contribution is 2.15. The number of rotatable bonds is 7. The summed E-state index contributed by atoms with van der Waals surface area (Å²) >= 11 is 0. The zero-order chi connectivity index (χ0) is 22.2. The molecule has 0 unspecified atom stereocenters. The molecule has 0 saturated carbocycles. The topological polar surface area (TPSA) is 39.3 Å². The number of amides is 1. The van der Waals surface area contributed by atoms with Gasteiger partial charge in [-0.15, -0.1) is 0 Å². The predicted octanol–water partition coefficient (Wildman–Crippen LogP) is 2.55. The summed E-state index contributed by atoms with van der Waals surface area (Å²) < 4.78 is 5.25. The minimum absolute atomic E-state index is 0.285. The van der Waals surface area contributed by atoms with Gasteiger partial charge < -0.3 is 9.64 Å². The van der Waals surface area contributed by atoms with E-state index in [4.69, 9.17) is 4.74 Å². The van der Waals surface area contributed by atoms with Gasteiger partial charge in [-0.3, -0.25) is 19.5 Å². The van der Waals surface area contributed by atoms with Gasteiger partial charge in [-0.25, -0.2) is 0 Å². The third-order valence-corrected chi connectivity index (χ3v) is 6.58. The van der Waals surface area contributed by atoms with Gasteiger partial charge in [0.1, 0.15) is 5.75 Å². The Morgan fingerprint density at radius 1 is 0.719 bits per heavy atom. The Kier molecular flexibility index (Phi) is 8.15. The zero-order valence-electron chi connectivity index (χ0n) is 19.3. The molecule has 2 aliphatic heterocycles. The van der Waals surface area contributed by atoms with Gasteiger partial charge in [0.25, 0.3) is 0 Å². The number of benzene rings is 2. The van der Waals surface area contributed by atoms with Crippen molar-refractivity contribution < 1.29 is 9.53 Å². The average Bonchev–Trinajstić information content (AvgIpc) is 3.07. The van der Waals surface area contributed by atoms with Gasteiger partial charge in [0.15, 0.2) is 0 Å². The number of nitrogens with zero attached hydrogens (tertiary/aromatic N) is 4. The fourth-order valence-electron chi connectivity index (χ4n) is 4.61. The standard InChI is InChI=1S/C26H36N4O2/c1-32-25-10-8-24(9-11-25)21-27-12-5-13-30(19-18-27)26(31)22-29-16-14-28(15-17-29)20-23-6-3-2-4-7-23/h2-4,6-11H,5,12-22H2,1H3. The molecule has 2 saturated heterocycles. The number of piperazine rings is 1. The first-order valence-electron chi connectivity index (χ1n) is 11.8. The number of carbonyl (C=O) groups is 1. The van der Waals surface area contributed by atoms with Crippen LogP contribution in [-0.4, -0.2) is 91.5 Å². The predicted molar refractivity (Wildman–Crippen MR) is 128 cm³/mol. The summed E-state index contributed by atoms with van der Waals surface area (Å²) in [6, 6.07) is 18.9. The number of ether oxygens (including phenoxy) is 1. The molecule has 1 amide bonds. The Bertz CT molecular complexity index is 835. The van der Waals surface area contributed by atoms with Gasteiger partial charge in [0.2, 0.25) is 5.91 Å². The molecule has 0 N–H and O–H groups in total. The molecule has 32 heavy (non-hydrogen) atoms. The van der Waals surface area contributed by atoms with Crippen molar-refractivity contribution in [3.05, 3.63) is 65.7 Å². The minimum Gasteiger partial charge on any atom is -0.497 e. The zero-order valence-corrected chi connectivity index (χ0v) is 19.3. The van der Waals surface area contributed by atoms with E-state index in [9.17, 15) is 4.79 Å². The monoisotopic (exact) mass is 436 g/mol. The molecule has 2 fully saturated rings. The van der Waals surface area contributed by atoms with E-state index in [0.717, 1.165) is 77.6 Å². The van der Waals surface area contributed by atoms with Crippen LogP contribution in [-0.2, 0) is 17.9 Å². The van der Waals surface area contributed by atoms with E-state index in [1.807, 2.05) is 12.1 Å². The second-order valence-electron chi connectivity index (χ2n) is 8.90. The number of hydrogen-bond donors (Lipinski definition) is 0. The molecule has 6 nitrogen and oxygen atoms in total. The number of carbonyl (C=O) groups excluding carboxylic acids is 1. The highest BCUT2D eigenvalue weighted by molar-refractivity contribution is 5.78. The van der Waals surface area contributed by atoms with Gasteiger partial charge in [0.05, 0.1) is 13.7 Å². The van der Waals surface area contributed by atoms with E-state index in [0.29, 0.717) is 6.54 Å². The molecular weight excluding hydrogens is 400 g/mol. The van der Waals surface area contributed by atoms with E-state index >= 15 is 0 Å². The summed E-state index contributed by atoms with van der Waals surface area (Å²) in [7, 11) is 1.69. The molecule has 4 rings (SSSR count). The summed E-state index contributed by atoms with van der Waals surface area (Å²) in [4.78, 5) is 22.3. The van der Waals surface area contributed by atoms with Crippen LogP contribution in [0.3, 0.4) is 0 Å². The third kappa shape index (κ3) is 6.55. The Balaban J connectivity index is 1.19. The second-order valence-corrected chi connectivity index (χ2v) is 8.90. The van der Waals surface area contributed by atoms with E-state index in [1.165, 1.54) is 11.1 Å². The maximum Gasteiger partial charge on any atom is 0.236 e. The minimum atomic E-state index is 0.285. The Morgan fingerprint density at radius 2 is 1.31 bits per heavy atom. The molecule has 0 bridgehead atoms. The lowest BCUT2D eigenvalue weighted by molar-refractivity contribution is -0.132. The summed E-state index contributed by atoms with van der Waals surface area (Å²) in [6.45, 7) is 10.1. The van der Waals surface area contributed by atoms with Crippen molar-refractivity contribution in [3.63, 3.8) is 0 Å².